The second kappa shape index (κ2) is 8.16. The molecule has 7 heteroatoms. The van der Waals surface area contributed by atoms with Gasteiger partial charge in [-0.15, -0.1) is 0 Å². The van der Waals surface area contributed by atoms with Gasteiger partial charge in [-0.2, -0.15) is 0 Å². The number of halogens is 1. The number of Topliss-reactive ketones (excluding diaryl/α,β-unsaturated/α-hetero) is 1. The number of esters is 1. The average Bonchev–Trinajstić information content (AvgIpc) is 2.89. The van der Waals surface area contributed by atoms with Crippen molar-refractivity contribution in [3.63, 3.8) is 0 Å². The summed E-state index contributed by atoms with van der Waals surface area (Å²) in [6.45, 7) is 7.98. The van der Waals surface area contributed by atoms with Crippen LogP contribution in [0.5, 0.6) is 0 Å². The van der Waals surface area contributed by atoms with Gasteiger partial charge >= 0.3 is 5.97 Å². The van der Waals surface area contributed by atoms with Crippen LogP contribution in [0.15, 0.2) is 24.3 Å². The van der Waals surface area contributed by atoms with Crippen molar-refractivity contribution in [1.29, 1.82) is 0 Å². The number of nitrogens with one attached hydrogen (secondary N) is 2. The molecule has 0 aliphatic carbocycles. The van der Waals surface area contributed by atoms with E-state index in [-0.39, 0.29) is 23.3 Å². The minimum absolute atomic E-state index is 0.154. The third-order valence-electron chi connectivity index (χ3n) is 4.38. The highest BCUT2D eigenvalue weighted by Crippen LogP contribution is 2.20. The number of carbonyl (C=O) groups is 3. The van der Waals surface area contributed by atoms with Crippen LogP contribution < -0.4 is 5.32 Å². The molecule has 1 aromatic carbocycles. The Labute approximate surface area is 157 Å². The zero-order valence-corrected chi connectivity index (χ0v) is 16.0. The molecule has 0 saturated heterocycles. The lowest BCUT2D eigenvalue weighted by Crippen LogP contribution is -2.37. The quantitative estimate of drug-likeness (QED) is 0.599. The number of aromatic amines is 1. The molecule has 27 heavy (non-hydrogen) atoms. The highest BCUT2D eigenvalue weighted by atomic mass is 19.1. The minimum atomic E-state index is -1.04. The van der Waals surface area contributed by atoms with Crippen LogP contribution in [0.25, 0.3) is 0 Å². The van der Waals surface area contributed by atoms with Gasteiger partial charge in [0.05, 0.1) is 6.04 Å². The molecule has 0 bridgehead atoms. The van der Waals surface area contributed by atoms with Crippen molar-refractivity contribution in [3.8, 4) is 0 Å². The standard InChI is InChI=1S/C20H23FN2O4/c1-10-17(13(4)24)12(3)22-18(10)20(26)27-14(5)19(25)23-11(2)15-6-8-16(21)9-7-15/h6-9,11,14,22H,1-5H3,(H,23,25)/t11-,14+/m1/s1. The van der Waals surface area contributed by atoms with E-state index in [1.54, 1.807) is 32.9 Å². The smallest absolute Gasteiger partial charge is 0.355 e. The van der Waals surface area contributed by atoms with E-state index in [9.17, 15) is 18.8 Å². The first-order chi connectivity index (χ1) is 12.6. The molecule has 6 nitrogen and oxygen atoms in total. The fourth-order valence-electron chi connectivity index (χ4n) is 2.92. The van der Waals surface area contributed by atoms with Crippen molar-refractivity contribution < 1.29 is 23.5 Å². The Morgan fingerprint density at radius 2 is 1.70 bits per heavy atom. The van der Waals surface area contributed by atoms with Gasteiger partial charge in [-0.05, 0) is 57.9 Å². The van der Waals surface area contributed by atoms with Crippen LogP contribution in [0.1, 0.15) is 64.5 Å². The van der Waals surface area contributed by atoms with E-state index in [1.807, 2.05) is 0 Å². The molecule has 2 aromatic rings. The lowest BCUT2D eigenvalue weighted by Gasteiger charge is -2.18. The zero-order chi connectivity index (χ0) is 20.3. The largest absolute Gasteiger partial charge is 0.448 e. The number of aromatic nitrogens is 1. The molecule has 2 N–H and O–H groups in total. The van der Waals surface area contributed by atoms with Crippen LogP contribution in [-0.4, -0.2) is 28.7 Å². The van der Waals surface area contributed by atoms with Crippen molar-refractivity contribution in [2.45, 2.75) is 46.8 Å². The number of hydrogen-bond donors (Lipinski definition) is 2. The number of hydrogen-bond acceptors (Lipinski definition) is 4. The van der Waals surface area contributed by atoms with Crippen LogP contribution in [-0.2, 0) is 9.53 Å². The van der Waals surface area contributed by atoms with Crippen LogP contribution >= 0.6 is 0 Å². The Morgan fingerprint density at radius 3 is 2.22 bits per heavy atom. The Bertz CT molecular complexity index is 871. The number of ether oxygens (including phenoxy) is 1. The molecule has 0 spiro atoms. The maximum absolute atomic E-state index is 13.0. The van der Waals surface area contributed by atoms with Crippen molar-refractivity contribution in [3.05, 3.63) is 58.2 Å². The maximum Gasteiger partial charge on any atom is 0.355 e. The molecule has 0 fully saturated rings. The van der Waals surface area contributed by atoms with Crippen molar-refractivity contribution in [1.82, 2.24) is 10.3 Å². The van der Waals surface area contributed by atoms with E-state index < -0.39 is 18.0 Å². The van der Waals surface area contributed by atoms with Crippen molar-refractivity contribution in [2.24, 2.45) is 0 Å². The predicted octanol–water partition coefficient (Wildman–Crippen LogP) is 3.40. The molecule has 1 aromatic heterocycles. The van der Waals surface area contributed by atoms with Crippen LogP contribution in [0, 0.1) is 19.7 Å². The summed E-state index contributed by atoms with van der Waals surface area (Å²) in [5, 5.41) is 2.72. The molecule has 0 aliphatic heterocycles. The third kappa shape index (κ3) is 4.61. The van der Waals surface area contributed by atoms with Gasteiger partial charge in [0.1, 0.15) is 11.5 Å². The summed E-state index contributed by atoms with van der Waals surface area (Å²) in [6, 6.07) is 5.39. The molecular formula is C20H23FN2O4. The van der Waals surface area contributed by atoms with E-state index >= 15 is 0 Å². The number of aryl methyl sites for hydroxylation is 1. The van der Waals surface area contributed by atoms with Gasteiger partial charge in [0.2, 0.25) is 0 Å². The van der Waals surface area contributed by atoms with Gasteiger partial charge < -0.3 is 15.0 Å². The van der Waals surface area contributed by atoms with Gasteiger partial charge in [-0.25, -0.2) is 9.18 Å². The average molecular weight is 374 g/mol. The lowest BCUT2D eigenvalue weighted by molar-refractivity contribution is -0.129. The Morgan fingerprint density at radius 1 is 1.11 bits per heavy atom. The van der Waals surface area contributed by atoms with Gasteiger partial charge in [-0.1, -0.05) is 12.1 Å². The summed E-state index contributed by atoms with van der Waals surface area (Å²) in [4.78, 5) is 39.2. The minimum Gasteiger partial charge on any atom is -0.448 e. The van der Waals surface area contributed by atoms with E-state index in [2.05, 4.69) is 10.3 Å². The summed E-state index contributed by atoms with van der Waals surface area (Å²) >= 11 is 0. The van der Waals surface area contributed by atoms with E-state index in [1.165, 1.54) is 26.0 Å². The maximum atomic E-state index is 13.0. The number of amides is 1. The van der Waals surface area contributed by atoms with Gasteiger partial charge in [0.15, 0.2) is 11.9 Å². The molecular weight excluding hydrogens is 351 g/mol. The molecule has 2 atom stereocenters. The molecule has 144 valence electrons. The molecule has 0 radical (unpaired) electrons. The zero-order valence-electron chi connectivity index (χ0n) is 16.0. The summed E-state index contributed by atoms with van der Waals surface area (Å²) in [5.41, 5.74) is 2.41. The molecule has 0 aliphatic rings. The number of H-pyrrole nitrogens is 1. The Hall–Kier alpha value is -2.96. The molecule has 1 heterocycles. The highest BCUT2D eigenvalue weighted by molar-refractivity contribution is 6.01. The van der Waals surface area contributed by atoms with Crippen LogP contribution in [0.3, 0.4) is 0 Å². The summed E-state index contributed by atoms with van der Waals surface area (Å²) < 4.78 is 18.2. The second-order valence-electron chi connectivity index (χ2n) is 6.51. The SMILES string of the molecule is CC(=O)c1c(C)[nH]c(C(=O)O[C@@H](C)C(=O)N[C@H](C)c2ccc(F)cc2)c1C. The molecule has 0 unspecified atom stereocenters. The van der Waals surface area contributed by atoms with Gasteiger partial charge in [-0.3, -0.25) is 9.59 Å². The van der Waals surface area contributed by atoms with Gasteiger partial charge in [0.25, 0.3) is 5.91 Å². The molecule has 1 amide bonds. The molecule has 2 rings (SSSR count). The monoisotopic (exact) mass is 374 g/mol. The van der Waals surface area contributed by atoms with E-state index in [0.717, 1.165) is 5.56 Å². The first-order valence-corrected chi connectivity index (χ1v) is 8.58. The van der Waals surface area contributed by atoms with Crippen LogP contribution in [0.4, 0.5) is 4.39 Å². The predicted molar refractivity (Wildman–Crippen MR) is 98.1 cm³/mol. The third-order valence-corrected chi connectivity index (χ3v) is 4.38. The first-order valence-electron chi connectivity index (χ1n) is 8.58. The topological polar surface area (TPSA) is 88.3 Å². The Balaban J connectivity index is 2.03. The summed E-state index contributed by atoms with van der Waals surface area (Å²) in [5.74, 6) is -1.70. The highest BCUT2D eigenvalue weighted by Gasteiger charge is 2.25. The lowest BCUT2D eigenvalue weighted by atomic mass is 10.1. The van der Waals surface area contributed by atoms with E-state index in [4.69, 9.17) is 4.74 Å². The van der Waals surface area contributed by atoms with Gasteiger partial charge in [0, 0.05) is 11.3 Å². The van der Waals surface area contributed by atoms with Crippen LogP contribution in [0.2, 0.25) is 0 Å². The fraction of sp³-hybridized carbons (Fsp3) is 0.350. The summed E-state index contributed by atoms with van der Waals surface area (Å²) in [6.07, 6.45) is -1.04. The van der Waals surface area contributed by atoms with Crippen molar-refractivity contribution >= 4 is 17.7 Å². The normalized spacial score (nSPS) is 13.0. The summed E-state index contributed by atoms with van der Waals surface area (Å²) in [7, 11) is 0. The molecule has 0 saturated carbocycles. The number of carbonyl (C=O) groups excluding carboxylic acids is 3. The number of benzene rings is 1. The first kappa shape index (κ1) is 20.4. The second-order valence-corrected chi connectivity index (χ2v) is 6.51. The van der Waals surface area contributed by atoms with Crippen molar-refractivity contribution in [2.75, 3.05) is 0 Å². The van der Waals surface area contributed by atoms with E-state index in [0.29, 0.717) is 16.8 Å². The Kier molecular flexibility index (Phi) is 6.15. The number of ketones is 1. The fourth-order valence-corrected chi connectivity index (χ4v) is 2.92. The number of rotatable bonds is 6.